The Bertz CT molecular complexity index is 1160. The van der Waals surface area contributed by atoms with Crippen LogP contribution in [0.1, 0.15) is 39.3 Å². The number of fused-ring (bicyclic) bond motifs is 1. The Balaban J connectivity index is 1.69. The molecule has 0 saturated heterocycles. The highest BCUT2D eigenvalue weighted by molar-refractivity contribution is 5.90. The molecule has 0 atom stereocenters. The number of carbonyl (C=O) groups is 1. The summed E-state index contributed by atoms with van der Waals surface area (Å²) in [6.07, 6.45) is 2.26. The average molecular weight is 428 g/mol. The number of aryl methyl sites for hydroxylation is 2. The Morgan fingerprint density at radius 1 is 1.13 bits per heavy atom. The van der Waals surface area contributed by atoms with Crippen LogP contribution in [0.15, 0.2) is 29.3 Å². The zero-order valence-corrected chi connectivity index (χ0v) is 18.9. The molecule has 0 aliphatic carbocycles. The summed E-state index contributed by atoms with van der Waals surface area (Å²) < 4.78 is 13.9. The molecule has 1 aromatic carbocycles. The molecule has 0 aliphatic heterocycles. The van der Waals surface area contributed by atoms with E-state index < -0.39 is 0 Å². The molecule has 0 saturated carbocycles. The Labute approximate surface area is 181 Å². The topological polar surface area (TPSA) is 100 Å². The van der Waals surface area contributed by atoms with Crippen LogP contribution in [0.25, 0.3) is 10.9 Å². The second kappa shape index (κ2) is 8.79. The predicted octanol–water partition coefficient (Wildman–Crippen LogP) is 3.09. The lowest BCUT2D eigenvalue weighted by Crippen LogP contribution is -2.27. The number of rotatable bonds is 7. The molecule has 166 valence electrons. The maximum absolute atomic E-state index is 12.8. The molecule has 3 aromatic rings. The Morgan fingerprint density at radius 3 is 2.45 bits per heavy atom. The van der Waals surface area contributed by atoms with E-state index in [2.05, 4.69) is 15.4 Å². The van der Waals surface area contributed by atoms with E-state index in [-0.39, 0.29) is 23.4 Å². The highest BCUT2D eigenvalue weighted by Crippen LogP contribution is 2.29. The van der Waals surface area contributed by atoms with E-state index >= 15 is 0 Å². The largest absolute Gasteiger partial charge is 0.493 e. The Hall–Kier alpha value is -3.36. The summed E-state index contributed by atoms with van der Waals surface area (Å²) >= 11 is 0. The fourth-order valence-corrected chi connectivity index (χ4v) is 3.36. The second-order valence-electron chi connectivity index (χ2n) is 8.37. The molecule has 0 spiro atoms. The molecular weight excluding hydrogens is 398 g/mol. The van der Waals surface area contributed by atoms with Crippen molar-refractivity contribution < 1.29 is 14.3 Å². The lowest BCUT2D eigenvalue weighted by atomic mass is 10.1. The molecule has 1 amide bonds. The highest BCUT2D eigenvalue weighted by Gasteiger charge is 2.20. The number of nitrogens with one attached hydrogen (secondary N) is 1. The second-order valence-corrected chi connectivity index (χ2v) is 8.37. The van der Waals surface area contributed by atoms with E-state index in [1.54, 1.807) is 16.8 Å². The van der Waals surface area contributed by atoms with Gasteiger partial charge in [-0.25, -0.2) is 9.67 Å². The Kier molecular flexibility index (Phi) is 6.33. The van der Waals surface area contributed by atoms with Crippen molar-refractivity contribution in [1.29, 1.82) is 0 Å². The number of nitrogens with zero attached hydrogens (tertiary/aromatic N) is 4. The fourth-order valence-electron chi connectivity index (χ4n) is 3.36. The van der Waals surface area contributed by atoms with Gasteiger partial charge >= 0.3 is 0 Å². The first kappa shape index (κ1) is 22.3. The predicted molar refractivity (Wildman–Crippen MR) is 119 cm³/mol. The monoisotopic (exact) mass is 427 g/mol. The Morgan fingerprint density at radius 2 is 1.81 bits per heavy atom. The molecule has 0 aliphatic rings. The van der Waals surface area contributed by atoms with Crippen LogP contribution < -0.4 is 20.3 Å². The van der Waals surface area contributed by atoms with Gasteiger partial charge in [-0.1, -0.05) is 0 Å². The van der Waals surface area contributed by atoms with Crippen molar-refractivity contribution in [2.75, 3.05) is 19.5 Å². The molecule has 2 aromatic heterocycles. The van der Waals surface area contributed by atoms with Gasteiger partial charge < -0.3 is 14.8 Å². The van der Waals surface area contributed by atoms with Crippen LogP contribution in [0.2, 0.25) is 0 Å². The molecule has 31 heavy (non-hydrogen) atoms. The minimum Gasteiger partial charge on any atom is -0.493 e. The van der Waals surface area contributed by atoms with Gasteiger partial charge in [0.05, 0.1) is 42.7 Å². The molecule has 9 nitrogen and oxygen atoms in total. The average Bonchev–Trinajstić information content (AvgIpc) is 3.09. The van der Waals surface area contributed by atoms with E-state index in [0.717, 1.165) is 5.69 Å². The fraction of sp³-hybridized carbons (Fsp3) is 0.455. The maximum atomic E-state index is 12.8. The summed E-state index contributed by atoms with van der Waals surface area (Å²) in [5.41, 5.74) is 0.936. The van der Waals surface area contributed by atoms with E-state index in [9.17, 15) is 9.59 Å². The molecule has 0 fully saturated rings. The quantitative estimate of drug-likeness (QED) is 0.622. The van der Waals surface area contributed by atoms with Crippen molar-refractivity contribution in [3.8, 4) is 11.5 Å². The number of hydrogen-bond donors (Lipinski definition) is 1. The molecule has 0 bridgehead atoms. The smallest absolute Gasteiger partial charge is 0.261 e. The van der Waals surface area contributed by atoms with Gasteiger partial charge in [-0.05, 0) is 40.2 Å². The molecule has 0 radical (unpaired) electrons. The highest BCUT2D eigenvalue weighted by atomic mass is 16.5. The van der Waals surface area contributed by atoms with Crippen LogP contribution in [0.5, 0.6) is 11.5 Å². The zero-order chi connectivity index (χ0) is 22.8. The van der Waals surface area contributed by atoms with Gasteiger partial charge in [0.25, 0.3) is 5.56 Å². The lowest BCUT2D eigenvalue weighted by molar-refractivity contribution is -0.116. The normalized spacial score (nSPS) is 11.5. The van der Waals surface area contributed by atoms with Crippen LogP contribution in [-0.2, 0) is 16.9 Å². The summed E-state index contributed by atoms with van der Waals surface area (Å²) in [5, 5.41) is 7.82. The molecule has 9 heteroatoms. The van der Waals surface area contributed by atoms with Crippen LogP contribution >= 0.6 is 0 Å². The van der Waals surface area contributed by atoms with Gasteiger partial charge in [0.15, 0.2) is 11.5 Å². The molecule has 3 rings (SSSR count). The maximum Gasteiger partial charge on any atom is 0.261 e. The summed E-state index contributed by atoms with van der Waals surface area (Å²) in [5.74, 6) is 1.53. The first-order chi connectivity index (χ1) is 14.6. The number of amides is 1. The first-order valence-electron chi connectivity index (χ1n) is 10.1. The summed E-state index contributed by atoms with van der Waals surface area (Å²) in [7, 11) is 3.05. The third kappa shape index (κ3) is 4.87. The van der Waals surface area contributed by atoms with Gasteiger partial charge in [0.1, 0.15) is 5.82 Å². The molecule has 0 unspecified atom stereocenters. The van der Waals surface area contributed by atoms with E-state index in [4.69, 9.17) is 9.47 Å². The van der Waals surface area contributed by atoms with Crippen LogP contribution in [0.3, 0.4) is 0 Å². The van der Waals surface area contributed by atoms with Crippen molar-refractivity contribution in [3.05, 3.63) is 40.6 Å². The standard InChI is InChI=1S/C22H29N5O4/c1-14-10-19(27(25-14)22(2,3)4)24-20(28)8-7-9-26-13-23-16-12-18(31-6)17(30-5)11-15(16)21(26)29/h10-13H,7-9H2,1-6H3,(H,24,28). The number of aromatic nitrogens is 4. The van der Waals surface area contributed by atoms with Crippen molar-refractivity contribution in [2.45, 2.75) is 52.6 Å². The number of hydrogen-bond acceptors (Lipinski definition) is 6. The van der Waals surface area contributed by atoms with Gasteiger partial charge in [-0.3, -0.25) is 14.2 Å². The van der Waals surface area contributed by atoms with E-state index in [0.29, 0.717) is 41.2 Å². The molecule has 2 heterocycles. The van der Waals surface area contributed by atoms with Crippen molar-refractivity contribution in [2.24, 2.45) is 0 Å². The first-order valence-corrected chi connectivity index (χ1v) is 10.1. The summed E-state index contributed by atoms with van der Waals surface area (Å²) in [6, 6.07) is 5.15. The summed E-state index contributed by atoms with van der Waals surface area (Å²) in [6.45, 7) is 8.35. The van der Waals surface area contributed by atoms with Gasteiger partial charge in [-0.15, -0.1) is 0 Å². The third-order valence-corrected chi connectivity index (χ3v) is 4.87. The third-order valence-electron chi connectivity index (χ3n) is 4.87. The van der Waals surface area contributed by atoms with Crippen LogP contribution in [0.4, 0.5) is 5.82 Å². The minimum absolute atomic E-state index is 0.126. The SMILES string of the molecule is COc1cc2ncn(CCCC(=O)Nc3cc(C)nn3C(C)(C)C)c(=O)c2cc1OC. The number of anilines is 1. The van der Waals surface area contributed by atoms with E-state index in [1.807, 2.05) is 33.8 Å². The van der Waals surface area contributed by atoms with Crippen molar-refractivity contribution in [3.63, 3.8) is 0 Å². The molecule has 1 N–H and O–H groups in total. The number of methoxy groups -OCH3 is 2. The minimum atomic E-state index is -0.245. The number of benzene rings is 1. The molecular formula is C22H29N5O4. The number of carbonyl (C=O) groups excluding carboxylic acids is 1. The number of ether oxygens (including phenoxy) is 2. The van der Waals surface area contributed by atoms with Gasteiger partial charge in [-0.2, -0.15) is 5.10 Å². The van der Waals surface area contributed by atoms with E-state index in [1.165, 1.54) is 25.1 Å². The van der Waals surface area contributed by atoms with Gasteiger partial charge in [0, 0.05) is 25.1 Å². The summed E-state index contributed by atoms with van der Waals surface area (Å²) in [4.78, 5) is 29.6. The van der Waals surface area contributed by atoms with Crippen molar-refractivity contribution >= 4 is 22.6 Å². The van der Waals surface area contributed by atoms with Crippen molar-refractivity contribution in [1.82, 2.24) is 19.3 Å². The van der Waals surface area contributed by atoms with Crippen LogP contribution in [-0.4, -0.2) is 39.5 Å². The van der Waals surface area contributed by atoms with Gasteiger partial charge in [0.2, 0.25) is 5.91 Å². The lowest BCUT2D eigenvalue weighted by Gasteiger charge is -2.22. The zero-order valence-electron chi connectivity index (χ0n) is 18.9. The van der Waals surface area contributed by atoms with Crippen LogP contribution in [0, 0.1) is 6.92 Å².